The molecular weight excluding hydrogens is 217 g/mol. The van der Waals surface area contributed by atoms with Gasteiger partial charge in [0.1, 0.15) is 5.75 Å². The van der Waals surface area contributed by atoms with Gasteiger partial charge in [-0.05, 0) is 22.9 Å². The Morgan fingerprint density at radius 3 is 2.25 bits per heavy atom. The highest BCUT2D eigenvalue weighted by Gasteiger charge is 2.07. The maximum absolute atomic E-state index is 12.5. The van der Waals surface area contributed by atoms with Crippen LogP contribution in [0.2, 0.25) is 0 Å². The average Bonchev–Trinajstić information content (AvgIpc) is 2.28. The molecule has 0 fully saturated rings. The molecular formula is C12H7F3O. The van der Waals surface area contributed by atoms with Gasteiger partial charge in [-0.1, -0.05) is 30.3 Å². The Kier molecular flexibility index (Phi) is 2.81. The molecule has 0 N–H and O–H groups in total. The van der Waals surface area contributed by atoms with Crippen LogP contribution in [0.25, 0.3) is 10.8 Å². The van der Waals surface area contributed by atoms with Gasteiger partial charge in [0.15, 0.2) is 0 Å². The molecule has 4 heteroatoms. The van der Waals surface area contributed by atoms with Crippen molar-refractivity contribution in [1.29, 1.82) is 0 Å². The first kappa shape index (κ1) is 10.5. The molecule has 0 aliphatic heterocycles. The van der Waals surface area contributed by atoms with E-state index >= 15 is 0 Å². The van der Waals surface area contributed by atoms with Crippen molar-refractivity contribution >= 4 is 10.8 Å². The molecule has 0 saturated heterocycles. The zero-order chi connectivity index (χ0) is 11.5. The highest BCUT2D eigenvalue weighted by atomic mass is 19.3. The number of fused-ring (bicyclic) bond motifs is 1. The Morgan fingerprint density at radius 2 is 1.56 bits per heavy atom. The minimum Gasteiger partial charge on any atom is -0.428 e. The van der Waals surface area contributed by atoms with Gasteiger partial charge < -0.3 is 4.74 Å². The lowest BCUT2D eigenvalue weighted by Crippen LogP contribution is -1.90. The van der Waals surface area contributed by atoms with Crippen LogP contribution in [-0.4, -0.2) is 0 Å². The summed E-state index contributed by atoms with van der Waals surface area (Å²) in [5, 5.41) is 1.73. The molecule has 82 valence electrons. The van der Waals surface area contributed by atoms with E-state index in [-0.39, 0.29) is 5.75 Å². The first-order valence-electron chi connectivity index (χ1n) is 4.54. The van der Waals surface area contributed by atoms with Gasteiger partial charge >= 0.3 is 12.1 Å². The second-order valence-electron chi connectivity index (χ2n) is 3.15. The number of halogens is 3. The SMILES string of the molecule is FC(F)=C(F)Oc1ccc2ccccc2c1. The van der Waals surface area contributed by atoms with Crippen molar-refractivity contribution in [3.05, 3.63) is 54.6 Å². The summed E-state index contributed by atoms with van der Waals surface area (Å²) < 4.78 is 40.5. The summed E-state index contributed by atoms with van der Waals surface area (Å²) >= 11 is 0. The van der Waals surface area contributed by atoms with E-state index in [1.165, 1.54) is 12.1 Å². The molecule has 0 radical (unpaired) electrons. The van der Waals surface area contributed by atoms with Crippen LogP contribution in [0.3, 0.4) is 0 Å². The molecule has 0 amide bonds. The molecule has 2 aromatic rings. The Balaban J connectivity index is 2.37. The third-order valence-corrected chi connectivity index (χ3v) is 2.08. The van der Waals surface area contributed by atoms with Crippen molar-refractivity contribution in [2.24, 2.45) is 0 Å². The predicted molar refractivity (Wildman–Crippen MR) is 54.9 cm³/mol. The number of hydrogen-bond donors (Lipinski definition) is 0. The smallest absolute Gasteiger partial charge is 0.344 e. The third kappa shape index (κ3) is 2.16. The van der Waals surface area contributed by atoms with Gasteiger partial charge in [0.2, 0.25) is 0 Å². The Labute approximate surface area is 89.8 Å². The molecule has 0 spiro atoms. The molecule has 0 aromatic heterocycles. The quantitative estimate of drug-likeness (QED) is 0.693. The number of benzene rings is 2. The van der Waals surface area contributed by atoms with Crippen LogP contribution in [0.1, 0.15) is 0 Å². The first-order chi connectivity index (χ1) is 7.66. The molecule has 2 aromatic carbocycles. The van der Waals surface area contributed by atoms with Gasteiger partial charge in [0, 0.05) is 0 Å². The van der Waals surface area contributed by atoms with E-state index in [0.717, 1.165) is 10.8 Å². The summed E-state index contributed by atoms with van der Waals surface area (Å²) in [4.78, 5) is 0. The van der Waals surface area contributed by atoms with E-state index in [4.69, 9.17) is 0 Å². The van der Waals surface area contributed by atoms with Crippen LogP contribution in [0.15, 0.2) is 54.6 Å². The summed E-state index contributed by atoms with van der Waals surface area (Å²) in [7, 11) is 0. The standard InChI is InChI=1S/C12H7F3O/c13-11(14)12(15)16-10-6-5-8-3-1-2-4-9(8)7-10/h1-7H. The molecule has 1 nitrogen and oxygen atoms in total. The zero-order valence-electron chi connectivity index (χ0n) is 8.08. The Hall–Kier alpha value is -1.97. The lowest BCUT2D eigenvalue weighted by molar-refractivity contribution is 0.241. The summed E-state index contributed by atoms with van der Waals surface area (Å²) in [6.45, 7) is 0. The van der Waals surface area contributed by atoms with Crippen molar-refractivity contribution in [2.45, 2.75) is 0 Å². The molecule has 16 heavy (non-hydrogen) atoms. The Morgan fingerprint density at radius 1 is 0.875 bits per heavy atom. The van der Waals surface area contributed by atoms with Gasteiger partial charge in [-0.2, -0.15) is 13.2 Å². The lowest BCUT2D eigenvalue weighted by atomic mass is 10.1. The van der Waals surface area contributed by atoms with Gasteiger partial charge in [-0.25, -0.2) is 0 Å². The van der Waals surface area contributed by atoms with E-state index in [2.05, 4.69) is 4.74 Å². The second-order valence-corrected chi connectivity index (χ2v) is 3.15. The zero-order valence-corrected chi connectivity index (χ0v) is 8.08. The summed E-state index contributed by atoms with van der Waals surface area (Å²) in [6.07, 6.45) is -2.46. The lowest BCUT2D eigenvalue weighted by Gasteiger charge is -2.03. The molecule has 0 aliphatic rings. The van der Waals surface area contributed by atoms with E-state index in [9.17, 15) is 13.2 Å². The van der Waals surface area contributed by atoms with E-state index in [1.807, 2.05) is 12.1 Å². The molecule has 0 saturated carbocycles. The van der Waals surface area contributed by atoms with Crippen molar-refractivity contribution in [2.75, 3.05) is 0 Å². The maximum atomic E-state index is 12.5. The van der Waals surface area contributed by atoms with Crippen molar-refractivity contribution in [3.8, 4) is 5.75 Å². The first-order valence-corrected chi connectivity index (χ1v) is 4.54. The van der Waals surface area contributed by atoms with Crippen LogP contribution in [-0.2, 0) is 0 Å². The third-order valence-electron chi connectivity index (χ3n) is 2.08. The highest BCUT2D eigenvalue weighted by Crippen LogP contribution is 2.23. The van der Waals surface area contributed by atoms with Crippen LogP contribution in [0, 0.1) is 0 Å². The summed E-state index contributed by atoms with van der Waals surface area (Å²) in [6, 6.07) is 10.0. The summed E-state index contributed by atoms with van der Waals surface area (Å²) in [5.74, 6) is 0.0454. The van der Waals surface area contributed by atoms with Gasteiger partial charge in [-0.15, -0.1) is 0 Å². The van der Waals surface area contributed by atoms with E-state index in [0.29, 0.717) is 0 Å². The largest absolute Gasteiger partial charge is 0.428 e. The maximum Gasteiger partial charge on any atom is 0.344 e. The molecule has 0 bridgehead atoms. The monoisotopic (exact) mass is 224 g/mol. The number of hydrogen-bond acceptors (Lipinski definition) is 1. The molecule has 2 rings (SSSR count). The fourth-order valence-electron chi connectivity index (χ4n) is 1.37. The topological polar surface area (TPSA) is 9.23 Å². The average molecular weight is 224 g/mol. The van der Waals surface area contributed by atoms with Crippen LogP contribution >= 0.6 is 0 Å². The Bertz CT molecular complexity index is 545. The van der Waals surface area contributed by atoms with E-state index < -0.39 is 12.1 Å². The highest BCUT2D eigenvalue weighted by molar-refractivity contribution is 5.83. The van der Waals surface area contributed by atoms with Crippen LogP contribution < -0.4 is 4.74 Å². The van der Waals surface area contributed by atoms with Crippen LogP contribution in [0.4, 0.5) is 13.2 Å². The van der Waals surface area contributed by atoms with Gasteiger partial charge in [0.25, 0.3) is 0 Å². The predicted octanol–water partition coefficient (Wildman–Crippen LogP) is 4.25. The number of rotatable bonds is 2. The molecule has 0 unspecified atom stereocenters. The van der Waals surface area contributed by atoms with Gasteiger partial charge in [-0.3, -0.25) is 0 Å². The second kappa shape index (κ2) is 4.26. The molecule has 0 heterocycles. The normalized spacial score (nSPS) is 10.2. The molecule has 0 aliphatic carbocycles. The minimum atomic E-state index is -2.46. The molecule has 0 atom stereocenters. The van der Waals surface area contributed by atoms with Gasteiger partial charge in [0.05, 0.1) is 0 Å². The number of ether oxygens (including phenoxy) is 1. The van der Waals surface area contributed by atoms with Crippen molar-refractivity contribution < 1.29 is 17.9 Å². The van der Waals surface area contributed by atoms with Crippen molar-refractivity contribution in [1.82, 2.24) is 0 Å². The van der Waals surface area contributed by atoms with Crippen LogP contribution in [0.5, 0.6) is 5.75 Å². The fraction of sp³-hybridized carbons (Fsp3) is 0. The van der Waals surface area contributed by atoms with E-state index in [1.54, 1.807) is 18.2 Å². The summed E-state index contributed by atoms with van der Waals surface area (Å²) in [5.41, 5.74) is 0. The minimum absolute atomic E-state index is 0.0454. The fourth-order valence-corrected chi connectivity index (χ4v) is 1.37. The van der Waals surface area contributed by atoms with Crippen molar-refractivity contribution in [3.63, 3.8) is 0 Å².